The minimum absolute atomic E-state index is 0.0725. The Morgan fingerprint density at radius 1 is 1.47 bits per heavy atom. The molecule has 92 valence electrons. The van der Waals surface area contributed by atoms with Crippen molar-refractivity contribution in [1.29, 1.82) is 0 Å². The summed E-state index contributed by atoms with van der Waals surface area (Å²) < 4.78 is 0. The van der Waals surface area contributed by atoms with Crippen LogP contribution < -0.4 is 10.6 Å². The van der Waals surface area contributed by atoms with Gasteiger partial charge in [0.2, 0.25) is 0 Å². The quantitative estimate of drug-likeness (QED) is 0.704. The molecule has 1 fully saturated rings. The minimum Gasteiger partial charge on any atom is -0.505 e. The fourth-order valence-electron chi connectivity index (χ4n) is 1.99. The summed E-state index contributed by atoms with van der Waals surface area (Å²) in [6.07, 6.45) is 4.44. The van der Waals surface area contributed by atoms with Gasteiger partial charge in [-0.3, -0.25) is 4.79 Å². The fourth-order valence-corrected chi connectivity index (χ4v) is 1.99. The Hall–Kier alpha value is -1.62. The molecule has 1 atom stereocenters. The van der Waals surface area contributed by atoms with Crippen molar-refractivity contribution in [1.82, 2.24) is 15.6 Å². The molecular weight excluding hydrogens is 218 g/mol. The Balaban J connectivity index is 1.98. The molecule has 2 rings (SSSR count). The van der Waals surface area contributed by atoms with Gasteiger partial charge >= 0.3 is 0 Å². The number of pyridine rings is 1. The van der Waals surface area contributed by atoms with E-state index in [0.717, 1.165) is 32.4 Å². The molecule has 1 amide bonds. The van der Waals surface area contributed by atoms with Gasteiger partial charge in [-0.1, -0.05) is 0 Å². The summed E-state index contributed by atoms with van der Waals surface area (Å²) in [6, 6.07) is 3.23. The van der Waals surface area contributed by atoms with Crippen LogP contribution in [0, 0.1) is 0 Å². The van der Waals surface area contributed by atoms with Gasteiger partial charge in [-0.25, -0.2) is 4.98 Å². The second-order valence-corrected chi connectivity index (χ2v) is 4.22. The third kappa shape index (κ3) is 3.17. The Morgan fingerprint density at radius 3 is 3.18 bits per heavy atom. The number of aromatic hydroxyl groups is 1. The first-order valence-corrected chi connectivity index (χ1v) is 5.93. The summed E-state index contributed by atoms with van der Waals surface area (Å²) in [5.74, 6) is -0.369. The standard InChI is InChI=1S/C12H17N3O2/c16-10-4-2-7-14-11(10)12(17)15-9-3-1-6-13-8-5-9/h2,4,7,9,13,16H,1,3,5-6,8H2,(H,15,17). The SMILES string of the molecule is O=C(NC1CCCNCC1)c1ncccc1O. The van der Waals surface area contributed by atoms with Crippen molar-refractivity contribution >= 4 is 5.91 Å². The largest absolute Gasteiger partial charge is 0.505 e. The van der Waals surface area contributed by atoms with Crippen LogP contribution in [0.5, 0.6) is 5.75 Å². The molecule has 1 aromatic heterocycles. The lowest BCUT2D eigenvalue weighted by Crippen LogP contribution is -2.35. The maximum absolute atomic E-state index is 11.9. The summed E-state index contributed by atoms with van der Waals surface area (Å²) >= 11 is 0. The van der Waals surface area contributed by atoms with E-state index in [1.54, 1.807) is 6.07 Å². The number of carbonyl (C=O) groups is 1. The molecule has 17 heavy (non-hydrogen) atoms. The van der Waals surface area contributed by atoms with Crippen molar-refractivity contribution in [3.05, 3.63) is 24.0 Å². The van der Waals surface area contributed by atoms with Gasteiger partial charge in [0.15, 0.2) is 5.69 Å². The van der Waals surface area contributed by atoms with E-state index < -0.39 is 0 Å². The summed E-state index contributed by atoms with van der Waals surface area (Å²) in [4.78, 5) is 15.8. The normalized spacial score (nSPS) is 20.6. The van der Waals surface area contributed by atoms with E-state index in [2.05, 4.69) is 15.6 Å². The van der Waals surface area contributed by atoms with Crippen LogP contribution >= 0.6 is 0 Å². The summed E-state index contributed by atoms with van der Waals surface area (Å²) in [5.41, 5.74) is 0.102. The Labute approximate surface area is 100 Å². The van der Waals surface area contributed by atoms with E-state index in [4.69, 9.17) is 0 Å². The van der Waals surface area contributed by atoms with E-state index in [9.17, 15) is 9.90 Å². The number of rotatable bonds is 2. The van der Waals surface area contributed by atoms with Gasteiger partial charge in [0.25, 0.3) is 5.91 Å². The van der Waals surface area contributed by atoms with Gasteiger partial charge in [0.05, 0.1) is 0 Å². The third-order valence-corrected chi connectivity index (χ3v) is 2.91. The number of carbonyl (C=O) groups excluding carboxylic acids is 1. The van der Waals surface area contributed by atoms with Gasteiger partial charge in [-0.15, -0.1) is 0 Å². The predicted octanol–water partition coefficient (Wildman–Crippen LogP) is 0.659. The van der Waals surface area contributed by atoms with Crippen molar-refractivity contribution in [3.8, 4) is 5.75 Å². The number of hydrogen-bond donors (Lipinski definition) is 3. The van der Waals surface area contributed by atoms with Crippen LogP contribution in [-0.2, 0) is 0 Å². The molecule has 1 unspecified atom stereocenters. The lowest BCUT2D eigenvalue weighted by molar-refractivity contribution is 0.0926. The van der Waals surface area contributed by atoms with Crippen LogP contribution in [0.2, 0.25) is 0 Å². The van der Waals surface area contributed by atoms with E-state index >= 15 is 0 Å². The monoisotopic (exact) mass is 235 g/mol. The molecule has 0 radical (unpaired) electrons. The van der Waals surface area contributed by atoms with E-state index in [1.807, 2.05) is 0 Å². The highest BCUT2D eigenvalue weighted by Crippen LogP contribution is 2.13. The molecule has 1 aliphatic heterocycles. The summed E-state index contributed by atoms with van der Waals surface area (Å²) in [5, 5.41) is 15.7. The number of nitrogens with zero attached hydrogens (tertiary/aromatic N) is 1. The highest BCUT2D eigenvalue weighted by molar-refractivity contribution is 5.94. The maximum atomic E-state index is 11.9. The van der Waals surface area contributed by atoms with Gasteiger partial charge in [0.1, 0.15) is 5.75 Å². The van der Waals surface area contributed by atoms with Crippen LogP contribution in [0.25, 0.3) is 0 Å². The molecule has 0 bridgehead atoms. The number of amides is 1. The van der Waals surface area contributed by atoms with Gasteiger partial charge in [-0.05, 0) is 44.5 Å². The zero-order chi connectivity index (χ0) is 12.1. The second kappa shape index (κ2) is 5.63. The molecule has 0 spiro atoms. The molecule has 1 aromatic rings. The van der Waals surface area contributed by atoms with Crippen molar-refractivity contribution in [2.75, 3.05) is 13.1 Å². The topological polar surface area (TPSA) is 74.2 Å². The Bertz CT molecular complexity index is 387. The second-order valence-electron chi connectivity index (χ2n) is 4.22. The van der Waals surface area contributed by atoms with Crippen LogP contribution in [-0.4, -0.2) is 35.1 Å². The first kappa shape index (κ1) is 11.9. The molecule has 1 aliphatic rings. The maximum Gasteiger partial charge on any atom is 0.273 e. The first-order valence-electron chi connectivity index (χ1n) is 5.93. The number of aromatic nitrogens is 1. The van der Waals surface area contributed by atoms with E-state index in [1.165, 1.54) is 12.3 Å². The van der Waals surface area contributed by atoms with Crippen molar-refractivity contribution < 1.29 is 9.90 Å². The van der Waals surface area contributed by atoms with Crippen LogP contribution in [0.15, 0.2) is 18.3 Å². The molecular formula is C12H17N3O2. The summed E-state index contributed by atoms with van der Waals surface area (Å²) in [7, 11) is 0. The molecule has 0 aliphatic carbocycles. The minimum atomic E-state index is -0.296. The molecule has 0 aromatic carbocycles. The molecule has 3 N–H and O–H groups in total. The molecule has 1 saturated heterocycles. The van der Waals surface area contributed by atoms with Crippen molar-refractivity contribution in [2.45, 2.75) is 25.3 Å². The average Bonchev–Trinajstić information content (AvgIpc) is 2.58. The van der Waals surface area contributed by atoms with Crippen LogP contribution in [0.1, 0.15) is 29.8 Å². The van der Waals surface area contributed by atoms with Crippen molar-refractivity contribution in [3.63, 3.8) is 0 Å². The lowest BCUT2D eigenvalue weighted by Gasteiger charge is -2.15. The first-order chi connectivity index (χ1) is 8.27. The Morgan fingerprint density at radius 2 is 2.35 bits per heavy atom. The van der Waals surface area contributed by atoms with Crippen molar-refractivity contribution in [2.24, 2.45) is 0 Å². The number of hydrogen-bond acceptors (Lipinski definition) is 4. The molecule has 5 heteroatoms. The zero-order valence-corrected chi connectivity index (χ0v) is 9.65. The molecule has 5 nitrogen and oxygen atoms in total. The Kier molecular flexibility index (Phi) is 3.93. The van der Waals surface area contributed by atoms with Gasteiger partial charge in [0, 0.05) is 12.2 Å². The van der Waals surface area contributed by atoms with Gasteiger partial charge in [-0.2, -0.15) is 0 Å². The third-order valence-electron chi connectivity index (χ3n) is 2.91. The molecule has 2 heterocycles. The lowest BCUT2D eigenvalue weighted by atomic mass is 10.1. The highest BCUT2D eigenvalue weighted by atomic mass is 16.3. The fraction of sp³-hybridized carbons (Fsp3) is 0.500. The summed E-state index contributed by atoms with van der Waals surface area (Å²) in [6.45, 7) is 1.92. The van der Waals surface area contributed by atoms with Gasteiger partial charge < -0.3 is 15.7 Å². The van der Waals surface area contributed by atoms with Crippen LogP contribution in [0.3, 0.4) is 0 Å². The van der Waals surface area contributed by atoms with E-state index in [-0.39, 0.29) is 23.4 Å². The highest BCUT2D eigenvalue weighted by Gasteiger charge is 2.18. The smallest absolute Gasteiger partial charge is 0.273 e. The zero-order valence-electron chi connectivity index (χ0n) is 9.65. The van der Waals surface area contributed by atoms with E-state index in [0.29, 0.717) is 0 Å². The molecule has 0 saturated carbocycles. The number of nitrogens with one attached hydrogen (secondary N) is 2. The average molecular weight is 235 g/mol. The van der Waals surface area contributed by atoms with Crippen LogP contribution in [0.4, 0.5) is 0 Å². The predicted molar refractivity (Wildman–Crippen MR) is 63.9 cm³/mol.